The van der Waals surface area contributed by atoms with Crippen molar-refractivity contribution in [3.63, 3.8) is 0 Å². The van der Waals surface area contributed by atoms with Gasteiger partial charge < -0.3 is 9.47 Å². The molecule has 0 aliphatic carbocycles. The molecule has 7 heteroatoms. The first kappa shape index (κ1) is 15.3. The second-order valence-electron chi connectivity index (χ2n) is 3.80. The van der Waals surface area contributed by atoms with Crippen molar-refractivity contribution in [3.8, 4) is 5.75 Å². The fourth-order valence-electron chi connectivity index (χ4n) is 1.46. The molecule has 0 fully saturated rings. The Morgan fingerprint density at radius 3 is 2.58 bits per heavy atom. The van der Waals surface area contributed by atoms with E-state index in [1.54, 1.807) is 24.3 Å². The lowest BCUT2D eigenvalue weighted by Crippen LogP contribution is -2.18. The van der Waals surface area contributed by atoms with Crippen LogP contribution >= 0.6 is 0 Å². The fraction of sp³-hybridized carbons (Fsp3) is 0.417. The smallest absolute Gasteiger partial charge is 0.305 e. The second kappa shape index (κ2) is 6.98. The average molecular weight is 287 g/mol. The SMILES string of the molecule is COC(=O)CCCS(=O)(=O)Nc1ccccc1OC. The van der Waals surface area contributed by atoms with Crippen molar-refractivity contribution in [1.82, 2.24) is 0 Å². The molecule has 1 N–H and O–H groups in total. The van der Waals surface area contributed by atoms with Gasteiger partial charge in [0.15, 0.2) is 0 Å². The van der Waals surface area contributed by atoms with Crippen molar-refractivity contribution in [1.29, 1.82) is 0 Å². The highest BCUT2D eigenvalue weighted by atomic mass is 32.2. The minimum Gasteiger partial charge on any atom is -0.495 e. The van der Waals surface area contributed by atoms with Crippen LogP contribution in [0, 0.1) is 0 Å². The van der Waals surface area contributed by atoms with Crippen LogP contribution in [-0.4, -0.2) is 34.4 Å². The molecule has 0 heterocycles. The maximum atomic E-state index is 11.8. The van der Waals surface area contributed by atoms with Crippen LogP contribution in [0.1, 0.15) is 12.8 Å². The summed E-state index contributed by atoms with van der Waals surface area (Å²) in [6, 6.07) is 6.71. The molecular weight excluding hydrogens is 270 g/mol. The van der Waals surface area contributed by atoms with Gasteiger partial charge >= 0.3 is 5.97 Å². The zero-order valence-electron chi connectivity index (χ0n) is 10.9. The van der Waals surface area contributed by atoms with E-state index in [4.69, 9.17) is 4.74 Å². The summed E-state index contributed by atoms with van der Waals surface area (Å²) in [6.07, 6.45) is 0.278. The Kier molecular flexibility index (Phi) is 5.62. The molecule has 0 spiro atoms. The van der Waals surface area contributed by atoms with E-state index in [2.05, 4.69) is 9.46 Å². The van der Waals surface area contributed by atoms with Crippen molar-refractivity contribution in [2.75, 3.05) is 24.7 Å². The summed E-state index contributed by atoms with van der Waals surface area (Å²) in [4.78, 5) is 10.9. The largest absolute Gasteiger partial charge is 0.495 e. The number of esters is 1. The van der Waals surface area contributed by atoms with Crippen LogP contribution in [0.3, 0.4) is 0 Å². The Labute approximate surface area is 112 Å². The van der Waals surface area contributed by atoms with Gasteiger partial charge in [0.25, 0.3) is 0 Å². The van der Waals surface area contributed by atoms with Gasteiger partial charge in [0.05, 0.1) is 25.7 Å². The highest BCUT2D eigenvalue weighted by molar-refractivity contribution is 7.92. The predicted molar refractivity (Wildman–Crippen MR) is 71.7 cm³/mol. The molecule has 0 aliphatic heterocycles. The quantitative estimate of drug-likeness (QED) is 0.766. The topological polar surface area (TPSA) is 81.7 Å². The highest BCUT2D eigenvalue weighted by Crippen LogP contribution is 2.24. The Morgan fingerprint density at radius 1 is 1.26 bits per heavy atom. The standard InChI is InChI=1S/C12H17NO5S/c1-17-11-7-4-3-6-10(11)13-19(15,16)9-5-8-12(14)18-2/h3-4,6-7,13H,5,8-9H2,1-2H3. The van der Waals surface area contributed by atoms with Gasteiger partial charge in [-0.05, 0) is 18.6 Å². The number of hydrogen-bond donors (Lipinski definition) is 1. The van der Waals surface area contributed by atoms with Gasteiger partial charge in [-0.25, -0.2) is 8.42 Å². The zero-order valence-corrected chi connectivity index (χ0v) is 11.7. The first-order chi connectivity index (χ1) is 8.98. The van der Waals surface area contributed by atoms with Crippen molar-refractivity contribution in [2.45, 2.75) is 12.8 Å². The Hall–Kier alpha value is -1.76. The molecule has 0 amide bonds. The minimum atomic E-state index is -3.51. The van der Waals surface area contributed by atoms with E-state index in [0.29, 0.717) is 11.4 Å². The van der Waals surface area contributed by atoms with Gasteiger partial charge in [0.1, 0.15) is 5.75 Å². The second-order valence-corrected chi connectivity index (χ2v) is 5.64. The predicted octanol–water partition coefficient (Wildman–Crippen LogP) is 1.39. The van der Waals surface area contributed by atoms with Crippen molar-refractivity contribution >= 4 is 21.7 Å². The molecule has 0 bridgehead atoms. The van der Waals surface area contributed by atoms with E-state index < -0.39 is 16.0 Å². The molecule has 0 aromatic heterocycles. The summed E-state index contributed by atoms with van der Waals surface area (Å²) in [7, 11) is -0.778. The molecule has 1 rings (SSSR count). The lowest BCUT2D eigenvalue weighted by Gasteiger charge is -2.11. The number of para-hydroxylation sites is 2. The lowest BCUT2D eigenvalue weighted by molar-refractivity contribution is -0.140. The van der Waals surface area contributed by atoms with Crippen molar-refractivity contribution < 1.29 is 22.7 Å². The average Bonchev–Trinajstić information content (AvgIpc) is 2.38. The molecule has 19 heavy (non-hydrogen) atoms. The monoisotopic (exact) mass is 287 g/mol. The van der Waals surface area contributed by atoms with Gasteiger partial charge in [0.2, 0.25) is 10.0 Å². The van der Waals surface area contributed by atoms with Gasteiger partial charge in [-0.1, -0.05) is 12.1 Å². The van der Waals surface area contributed by atoms with Gasteiger partial charge in [-0.2, -0.15) is 0 Å². The molecule has 0 atom stereocenters. The molecule has 0 aliphatic rings. The number of hydrogen-bond acceptors (Lipinski definition) is 5. The molecule has 106 valence electrons. The summed E-state index contributed by atoms with van der Waals surface area (Å²) in [6.45, 7) is 0. The third kappa shape index (κ3) is 5.17. The number of sulfonamides is 1. The summed E-state index contributed by atoms with van der Waals surface area (Å²) >= 11 is 0. The number of carbonyl (C=O) groups excluding carboxylic acids is 1. The van der Waals surface area contributed by atoms with Gasteiger partial charge in [-0.3, -0.25) is 9.52 Å². The minimum absolute atomic E-state index is 0.0728. The fourth-order valence-corrected chi connectivity index (χ4v) is 2.59. The third-order valence-electron chi connectivity index (χ3n) is 2.39. The van der Waals surface area contributed by atoms with E-state index in [0.717, 1.165) is 0 Å². The molecule has 1 aromatic rings. The van der Waals surface area contributed by atoms with Crippen LogP contribution in [0.25, 0.3) is 0 Å². The summed E-state index contributed by atoms with van der Waals surface area (Å²) in [5.74, 6) is -0.133. The Balaban J connectivity index is 2.61. The molecule has 0 radical (unpaired) electrons. The normalized spacial score (nSPS) is 10.8. The van der Waals surface area contributed by atoms with E-state index >= 15 is 0 Å². The van der Waals surface area contributed by atoms with Gasteiger partial charge in [-0.15, -0.1) is 0 Å². The summed E-state index contributed by atoms with van der Waals surface area (Å²) < 4.78 is 35.6. The van der Waals surface area contributed by atoms with Crippen LogP contribution < -0.4 is 9.46 Å². The number of ether oxygens (including phenoxy) is 2. The molecular formula is C12H17NO5S. The zero-order chi connectivity index (χ0) is 14.3. The van der Waals surface area contributed by atoms with E-state index in [9.17, 15) is 13.2 Å². The van der Waals surface area contributed by atoms with Crippen LogP contribution in [0.5, 0.6) is 5.75 Å². The lowest BCUT2D eigenvalue weighted by atomic mass is 10.3. The number of benzene rings is 1. The molecule has 6 nitrogen and oxygen atoms in total. The van der Waals surface area contributed by atoms with E-state index in [1.165, 1.54) is 14.2 Å². The molecule has 0 saturated carbocycles. The van der Waals surface area contributed by atoms with Crippen molar-refractivity contribution in [3.05, 3.63) is 24.3 Å². The maximum Gasteiger partial charge on any atom is 0.305 e. The number of anilines is 1. The summed E-state index contributed by atoms with van der Waals surface area (Å²) in [5, 5.41) is 0. The first-order valence-electron chi connectivity index (χ1n) is 5.69. The number of rotatable bonds is 7. The molecule has 0 saturated heterocycles. The van der Waals surface area contributed by atoms with Crippen LogP contribution in [0.2, 0.25) is 0 Å². The highest BCUT2D eigenvalue weighted by Gasteiger charge is 2.14. The number of carbonyl (C=O) groups is 1. The van der Waals surface area contributed by atoms with Crippen LogP contribution in [0.4, 0.5) is 5.69 Å². The maximum absolute atomic E-state index is 11.8. The first-order valence-corrected chi connectivity index (χ1v) is 7.34. The molecule has 1 aromatic carbocycles. The van der Waals surface area contributed by atoms with Crippen molar-refractivity contribution in [2.24, 2.45) is 0 Å². The summed E-state index contributed by atoms with van der Waals surface area (Å²) in [5.41, 5.74) is 0.378. The van der Waals surface area contributed by atoms with E-state index in [1.807, 2.05) is 0 Å². The van der Waals surface area contributed by atoms with Gasteiger partial charge in [0, 0.05) is 6.42 Å². The number of methoxy groups -OCH3 is 2. The number of nitrogens with one attached hydrogen (secondary N) is 1. The van der Waals surface area contributed by atoms with Crippen LogP contribution in [0.15, 0.2) is 24.3 Å². The van der Waals surface area contributed by atoms with E-state index in [-0.39, 0.29) is 18.6 Å². The Bertz CT molecular complexity index is 527. The molecule has 0 unspecified atom stereocenters. The Morgan fingerprint density at radius 2 is 1.95 bits per heavy atom. The van der Waals surface area contributed by atoms with Crippen LogP contribution in [-0.2, 0) is 19.6 Å². The third-order valence-corrected chi connectivity index (χ3v) is 3.75.